The summed E-state index contributed by atoms with van der Waals surface area (Å²) in [4.78, 5) is 19.2. The van der Waals surface area contributed by atoms with Crippen LogP contribution in [0, 0.1) is 13.8 Å². The Morgan fingerprint density at radius 2 is 1.89 bits per heavy atom. The molecule has 36 heavy (non-hydrogen) atoms. The molecule has 3 rings (SSSR count). The van der Waals surface area contributed by atoms with Crippen LogP contribution in [0.2, 0.25) is 0 Å². The van der Waals surface area contributed by atoms with Crippen molar-refractivity contribution in [2.75, 3.05) is 45.2 Å². The highest BCUT2D eigenvalue weighted by molar-refractivity contribution is 7.89. The Morgan fingerprint density at radius 1 is 1.17 bits per heavy atom. The van der Waals surface area contributed by atoms with Gasteiger partial charge in [0.2, 0.25) is 10.0 Å². The van der Waals surface area contributed by atoms with Crippen LogP contribution in [0.1, 0.15) is 43.6 Å². The number of benzene rings is 1. The third-order valence-corrected chi connectivity index (χ3v) is 8.59. The van der Waals surface area contributed by atoms with E-state index >= 15 is 0 Å². The first kappa shape index (κ1) is 27.9. The Labute approximate surface area is 215 Å². The standard InChI is InChI=1S/C26H39N5O4S/c1-6-21-18-22(17-20(4)28-21)29-26(32)27-12-15-30-13-10-23(11-14-30)31(7-2)36(33,34)25-9-8-19(3)16-24(25)35-5/h8-9,16-18,23H,6-7,10-15H2,1-5H3,(H2,27,28,29,32). The number of aromatic nitrogens is 1. The number of aryl methyl sites for hydroxylation is 3. The molecule has 1 saturated heterocycles. The average Bonchev–Trinajstić information content (AvgIpc) is 2.84. The van der Waals surface area contributed by atoms with Gasteiger partial charge in [-0.15, -0.1) is 0 Å². The Bertz CT molecular complexity index is 1150. The lowest BCUT2D eigenvalue weighted by Gasteiger charge is -2.37. The molecule has 0 unspecified atom stereocenters. The molecule has 1 aliphatic heterocycles. The number of carbonyl (C=O) groups is 1. The second kappa shape index (κ2) is 12.5. The second-order valence-corrected chi connectivity index (χ2v) is 11.0. The molecule has 0 atom stereocenters. The van der Waals surface area contributed by atoms with Crippen LogP contribution in [0.15, 0.2) is 35.2 Å². The maximum absolute atomic E-state index is 13.5. The molecule has 2 amide bonds. The fraction of sp³-hybridized carbons (Fsp3) is 0.538. The first-order chi connectivity index (χ1) is 17.2. The molecule has 2 heterocycles. The molecular weight excluding hydrogens is 478 g/mol. The van der Waals surface area contributed by atoms with Crippen molar-refractivity contribution in [3.8, 4) is 5.75 Å². The normalized spacial score (nSPS) is 15.2. The predicted molar refractivity (Wildman–Crippen MR) is 142 cm³/mol. The number of carbonyl (C=O) groups excluding carboxylic acids is 1. The number of pyridine rings is 1. The number of piperidine rings is 1. The number of anilines is 1. The minimum atomic E-state index is -3.67. The van der Waals surface area contributed by atoms with Gasteiger partial charge in [0.25, 0.3) is 0 Å². The zero-order valence-corrected chi connectivity index (χ0v) is 22.8. The van der Waals surface area contributed by atoms with E-state index in [2.05, 4.69) is 20.5 Å². The van der Waals surface area contributed by atoms with Gasteiger partial charge in [-0.1, -0.05) is 19.9 Å². The highest BCUT2D eigenvalue weighted by Crippen LogP contribution is 2.30. The predicted octanol–water partition coefficient (Wildman–Crippen LogP) is 3.57. The number of likely N-dealkylation sites (tertiary alicyclic amines) is 1. The first-order valence-electron chi connectivity index (χ1n) is 12.6. The molecule has 0 spiro atoms. The lowest BCUT2D eigenvalue weighted by atomic mass is 10.1. The molecule has 10 heteroatoms. The van der Waals surface area contributed by atoms with Crippen molar-refractivity contribution in [1.29, 1.82) is 0 Å². The SMILES string of the molecule is CCc1cc(NC(=O)NCCN2CCC(N(CC)S(=O)(=O)c3ccc(C)cc3OC)CC2)cc(C)n1. The Kier molecular flexibility index (Phi) is 9.69. The number of hydrogen-bond acceptors (Lipinski definition) is 6. The summed E-state index contributed by atoms with van der Waals surface area (Å²) >= 11 is 0. The molecular formula is C26H39N5O4S. The third-order valence-electron chi connectivity index (χ3n) is 6.52. The average molecular weight is 518 g/mol. The summed E-state index contributed by atoms with van der Waals surface area (Å²) in [5.74, 6) is 0.378. The third kappa shape index (κ3) is 6.96. The molecule has 2 N–H and O–H groups in total. The summed E-state index contributed by atoms with van der Waals surface area (Å²) in [6.45, 7) is 10.9. The maximum atomic E-state index is 13.5. The molecule has 198 valence electrons. The first-order valence-corrected chi connectivity index (χ1v) is 14.0. The van der Waals surface area contributed by atoms with Crippen LogP contribution in [-0.4, -0.2) is 74.5 Å². The summed E-state index contributed by atoms with van der Waals surface area (Å²) in [6.07, 6.45) is 2.29. The van der Waals surface area contributed by atoms with Crippen LogP contribution in [-0.2, 0) is 16.4 Å². The number of methoxy groups -OCH3 is 1. The summed E-state index contributed by atoms with van der Waals surface area (Å²) in [5.41, 5.74) is 3.50. The summed E-state index contributed by atoms with van der Waals surface area (Å²) in [7, 11) is -2.18. The largest absolute Gasteiger partial charge is 0.495 e. The quantitative estimate of drug-likeness (QED) is 0.499. The smallest absolute Gasteiger partial charge is 0.319 e. The second-order valence-electron chi connectivity index (χ2n) is 9.16. The maximum Gasteiger partial charge on any atom is 0.319 e. The fourth-order valence-electron chi connectivity index (χ4n) is 4.66. The van der Waals surface area contributed by atoms with E-state index in [-0.39, 0.29) is 17.0 Å². The van der Waals surface area contributed by atoms with Crippen LogP contribution in [0.25, 0.3) is 0 Å². The number of nitrogens with one attached hydrogen (secondary N) is 2. The Morgan fingerprint density at radius 3 is 2.53 bits per heavy atom. The van der Waals surface area contributed by atoms with Crippen LogP contribution in [0.4, 0.5) is 10.5 Å². The van der Waals surface area contributed by atoms with Gasteiger partial charge in [-0.2, -0.15) is 4.31 Å². The van der Waals surface area contributed by atoms with E-state index in [9.17, 15) is 13.2 Å². The fourth-order valence-corrected chi connectivity index (χ4v) is 6.50. The van der Waals surface area contributed by atoms with Gasteiger partial charge >= 0.3 is 6.03 Å². The van der Waals surface area contributed by atoms with Crippen molar-refractivity contribution in [2.45, 2.75) is 57.9 Å². The number of amides is 2. The number of hydrogen-bond donors (Lipinski definition) is 2. The van der Waals surface area contributed by atoms with Gasteiger partial charge in [0.1, 0.15) is 10.6 Å². The molecule has 1 fully saturated rings. The van der Waals surface area contributed by atoms with Crippen molar-refractivity contribution < 1.29 is 17.9 Å². The van der Waals surface area contributed by atoms with Crippen LogP contribution < -0.4 is 15.4 Å². The number of nitrogens with zero attached hydrogens (tertiary/aromatic N) is 3. The molecule has 1 aromatic heterocycles. The topological polar surface area (TPSA) is 104 Å². The Hall–Kier alpha value is -2.69. The highest BCUT2D eigenvalue weighted by atomic mass is 32.2. The van der Waals surface area contributed by atoms with Gasteiger partial charge in [0.15, 0.2) is 0 Å². The van der Waals surface area contributed by atoms with Gasteiger partial charge < -0.3 is 20.3 Å². The lowest BCUT2D eigenvalue weighted by Crippen LogP contribution is -2.48. The zero-order chi connectivity index (χ0) is 26.3. The van der Waals surface area contributed by atoms with E-state index in [1.807, 2.05) is 39.8 Å². The van der Waals surface area contributed by atoms with Crippen LogP contribution in [0.5, 0.6) is 5.75 Å². The molecule has 2 aromatic rings. The molecule has 1 aromatic carbocycles. The molecule has 0 bridgehead atoms. The number of ether oxygens (including phenoxy) is 1. The molecule has 0 radical (unpaired) electrons. The van der Waals surface area contributed by atoms with E-state index in [1.165, 1.54) is 7.11 Å². The minimum Gasteiger partial charge on any atom is -0.495 e. The monoisotopic (exact) mass is 517 g/mol. The van der Waals surface area contributed by atoms with Gasteiger partial charge in [0, 0.05) is 42.8 Å². The van der Waals surface area contributed by atoms with E-state index in [1.54, 1.807) is 22.5 Å². The summed E-state index contributed by atoms with van der Waals surface area (Å²) in [6, 6.07) is 8.61. The van der Waals surface area contributed by atoms with Crippen molar-refractivity contribution in [2.24, 2.45) is 0 Å². The van der Waals surface area contributed by atoms with Gasteiger partial charge in [-0.3, -0.25) is 4.98 Å². The van der Waals surface area contributed by atoms with Crippen LogP contribution >= 0.6 is 0 Å². The van der Waals surface area contributed by atoms with Crippen molar-refractivity contribution in [3.05, 3.63) is 47.3 Å². The van der Waals surface area contributed by atoms with Gasteiger partial charge in [-0.25, -0.2) is 13.2 Å². The van der Waals surface area contributed by atoms with E-state index < -0.39 is 10.0 Å². The number of urea groups is 1. The molecule has 9 nitrogen and oxygen atoms in total. The van der Waals surface area contributed by atoms with Crippen LogP contribution in [0.3, 0.4) is 0 Å². The van der Waals surface area contributed by atoms with Gasteiger partial charge in [0.05, 0.1) is 7.11 Å². The van der Waals surface area contributed by atoms with E-state index in [4.69, 9.17) is 4.74 Å². The number of sulfonamides is 1. The van der Waals surface area contributed by atoms with Crippen molar-refractivity contribution in [1.82, 2.24) is 19.5 Å². The summed E-state index contributed by atoms with van der Waals surface area (Å²) in [5, 5.41) is 5.79. The summed E-state index contributed by atoms with van der Waals surface area (Å²) < 4.78 is 33.9. The molecule has 0 saturated carbocycles. The van der Waals surface area contributed by atoms with Crippen molar-refractivity contribution >= 4 is 21.7 Å². The Balaban J connectivity index is 1.50. The lowest BCUT2D eigenvalue weighted by molar-refractivity contribution is 0.162. The van der Waals surface area contributed by atoms with E-state index in [0.29, 0.717) is 25.4 Å². The zero-order valence-electron chi connectivity index (χ0n) is 22.0. The van der Waals surface area contributed by atoms with E-state index in [0.717, 1.165) is 55.0 Å². The molecule has 0 aliphatic carbocycles. The van der Waals surface area contributed by atoms with Crippen molar-refractivity contribution in [3.63, 3.8) is 0 Å². The number of rotatable bonds is 10. The minimum absolute atomic E-state index is 0.0683. The highest BCUT2D eigenvalue weighted by Gasteiger charge is 2.34. The molecule has 1 aliphatic rings. The van der Waals surface area contributed by atoms with Gasteiger partial charge in [-0.05, 0) is 76.0 Å².